The van der Waals surface area contributed by atoms with E-state index in [9.17, 15) is 0 Å². The molecule has 0 radical (unpaired) electrons. The second-order valence-electron chi connectivity index (χ2n) is 7.84. The Bertz CT molecular complexity index is 1020. The average molecular weight is 561 g/mol. The van der Waals surface area contributed by atoms with Crippen molar-refractivity contribution in [2.75, 3.05) is 33.8 Å². The Balaban J connectivity index is 0.00000306. The molecule has 1 fully saturated rings. The minimum absolute atomic E-state index is 0. The van der Waals surface area contributed by atoms with E-state index in [2.05, 4.69) is 60.0 Å². The van der Waals surface area contributed by atoms with Gasteiger partial charge in [0.15, 0.2) is 11.8 Å². The molecule has 1 saturated heterocycles. The number of hydrogen-bond donors (Lipinski definition) is 3. The van der Waals surface area contributed by atoms with Gasteiger partial charge in [-0.05, 0) is 43.6 Å². The second kappa shape index (κ2) is 12.5. The second-order valence-corrected chi connectivity index (χ2v) is 7.84. The SMILES string of the molecule is CN=C(NCc1cccc(-c2ncn[nH]2)c1)NCC(c1ccccc1OC)N1CCCC1.I. The third kappa shape index (κ3) is 6.44. The molecule has 0 bridgehead atoms. The number of nitrogens with one attached hydrogen (secondary N) is 3. The van der Waals surface area contributed by atoms with Crippen LogP contribution in [0.3, 0.4) is 0 Å². The van der Waals surface area contributed by atoms with Gasteiger partial charge in [-0.2, -0.15) is 5.10 Å². The third-order valence-electron chi connectivity index (χ3n) is 5.84. The number of hydrogen-bond acceptors (Lipinski definition) is 5. The molecule has 0 aliphatic carbocycles. The first-order chi connectivity index (χ1) is 15.8. The van der Waals surface area contributed by atoms with Crippen LogP contribution in [0, 0.1) is 0 Å². The van der Waals surface area contributed by atoms with Gasteiger partial charge in [-0.15, -0.1) is 24.0 Å². The zero-order valence-electron chi connectivity index (χ0n) is 19.1. The number of guanidine groups is 1. The van der Waals surface area contributed by atoms with Gasteiger partial charge in [-0.3, -0.25) is 15.0 Å². The summed E-state index contributed by atoms with van der Waals surface area (Å²) in [5.41, 5.74) is 3.36. The summed E-state index contributed by atoms with van der Waals surface area (Å²) in [6.07, 6.45) is 3.99. The quantitative estimate of drug-likeness (QED) is 0.221. The highest BCUT2D eigenvalue weighted by molar-refractivity contribution is 14.0. The van der Waals surface area contributed by atoms with Crippen molar-refractivity contribution in [3.05, 3.63) is 66.0 Å². The van der Waals surface area contributed by atoms with Gasteiger partial charge >= 0.3 is 0 Å². The fraction of sp³-hybridized carbons (Fsp3) is 0.375. The maximum Gasteiger partial charge on any atom is 0.191 e. The fourth-order valence-corrected chi connectivity index (χ4v) is 4.20. The molecule has 2 heterocycles. The molecular formula is C24H32IN7O. The number of ether oxygens (including phenoxy) is 1. The van der Waals surface area contributed by atoms with Crippen LogP contribution in [-0.4, -0.2) is 59.8 Å². The monoisotopic (exact) mass is 561 g/mol. The molecule has 1 aliphatic heterocycles. The molecule has 1 aliphatic rings. The van der Waals surface area contributed by atoms with Crippen LogP contribution < -0.4 is 15.4 Å². The summed E-state index contributed by atoms with van der Waals surface area (Å²) in [6, 6.07) is 16.7. The number of aromatic amines is 1. The van der Waals surface area contributed by atoms with E-state index in [0.29, 0.717) is 6.54 Å². The summed E-state index contributed by atoms with van der Waals surface area (Å²) in [5.74, 6) is 2.46. The lowest BCUT2D eigenvalue weighted by atomic mass is 10.0. The lowest BCUT2D eigenvalue weighted by Gasteiger charge is -2.30. The third-order valence-corrected chi connectivity index (χ3v) is 5.84. The van der Waals surface area contributed by atoms with Crippen LogP contribution in [0.5, 0.6) is 5.75 Å². The molecule has 9 heteroatoms. The van der Waals surface area contributed by atoms with Crippen LogP contribution in [0.25, 0.3) is 11.4 Å². The number of methoxy groups -OCH3 is 1. The number of H-pyrrole nitrogens is 1. The maximum atomic E-state index is 5.65. The summed E-state index contributed by atoms with van der Waals surface area (Å²) in [4.78, 5) is 11.2. The number of aliphatic imine (C=N–C) groups is 1. The minimum atomic E-state index is 0. The van der Waals surface area contributed by atoms with Crippen LogP contribution in [-0.2, 0) is 6.54 Å². The number of benzene rings is 2. The molecule has 1 atom stereocenters. The van der Waals surface area contributed by atoms with Crippen LogP contribution >= 0.6 is 24.0 Å². The first-order valence-electron chi connectivity index (χ1n) is 11.0. The zero-order chi connectivity index (χ0) is 22.2. The Labute approximate surface area is 212 Å². The Morgan fingerprint density at radius 3 is 2.70 bits per heavy atom. The first-order valence-corrected chi connectivity index (χ1v) is 11.0. The van der Waals surface area contributed by atoms with Crippen LogP contribution in [0.15, 0.2) is 59.9 Å². The Hall–Kier alpha value is -2.66. The van der Waals surface area contributed by atoms with Crippen molar-refractivity contribution in [2.24, 2.45) is 4.99 Å². The molecule has 1 aromatic heterocycles. The van der Waals surface area contributed by atoms with Crippen LogP contribution in [0.4, 0.5) is 0 Å². The van der Waals surface area contributed by atoms with E-state index in [1.165, 1.54) is 24.7 Å². The number of likely N-dealkylation sites (tertiary alicyclic amines) is 1. The molecule has 0 spiro atoms. The van der Waals surface area contributed by atoms with Crippen molar-refractivity contribution in [1.82, 2.24) is 30.7 Å². The molecule has 176 valence electrons. The molecule has 1 unspecified atom stereocenters. The smallest absolute Gasteiger partial charge is 0.191 e. The number of para-hydroxylation sites is 1. The van der Waals surface area contributed by atoms with Crippen molar-refractivity contribution >= 4 is 29.9 Å². The molecule has 3 aromatic rings. The molecular weight excluding hydrogens is 529 g/mol. The predicted molar refractivity (Wildman–Crippen MR) is 142 cm³/mol. The highest BCUT2D eigenvalue weighted by Gasteiger charge is 2.26. The van der Waals surface area contributed by atoms with Gasteiger partial charge in [0.25, 0.3) is 0 Å². The largest absolute Gasteiger partial charge is 0.496 e. The molecule has 0 saturated carbocycles. The van der Waals surface area contributed by atoms with E-state index < -0.39 is 0 Å². The van der Waals surface area contributed by atoms with E-state index in [4.69, 9.17) is 4.74 Å². The number of rotatable bonds is 8. The van der Waals surface area contributed by atoms with Crippen molar-refractivity contribution in [2.45, 2.75) is 25.4 Å². The van der Waals surface area contributed by atoms with Crippen LogP contribution in [0.1, 0.15) is 30.0 Å². The highest BCUT2D eigenvalue weighted by atomic mass is 127. The predicted octanol–water partition coefficient (Wildman–Crippen LogP) is 3.60. The molecule has 3 N–H and O–H groups in total. The van der Waals surface area contributed by atoms with Crippen molar-refractivity contribution in [1.29, 1.82) is 0 Å². The summed E-state index contributed by atoms with van der Waals surface area (Å²) in [5, 5.41) is 13.8. The number of nitrogens with zero attached hydrogens (tertiary/aromatic N) is 4. The maximum absolute atomic E-state index is 5.65. The summed E-state index contributed by atoms with van der Waals surface area (Å²) in [6.45, 7) is 3.61. The van der Waals surface area contributed by atoms with E-state index >= 15 is 0 Å². The Morgan fingerprint density at radius 1 is 1.15 bits per heavy atom. The van der Waals surface area contributed by atoms with E-state index in [1.807, 2.05) is 24.3 Å². The highest BCUT2D eigenvalue weighted by Crippen LogP contribution is 2.31. The summed E-state index contributed by atoms with van der Waals surface area (Å²) < 4.78 is 5.65. The molecule has 4 rings (SSSR count). The number of halogens is 1. The van der Waals surface area contributed by atoms with Crippen molar-refractivity contribution in [3.8, 4) is 17.1 Å². The molecule has 33 heavy (non-hydrogen) atoms. The van der Waals surface area contributed by atoms with Crippen LogP contribution in [0.2, 0.25) is 0 Å². The van der Waals surface area contributed by atoms with E-state index in [-0.39, 0.29) is 30.0 Å². The average Bonchev–Trinajstić information content (AvgIpc) is 3.56. The lowest BCUT2D eigenvalue weighted by Crippen LogP contribution is -2.42. The van der Waals surface area contributed by atoms with Gasteiger partial charge in [-0.1, -0.05) is 36.4 Å². The van der Waals surface area contributed by atoms with Crippen molar-refractivity contribution in [3.63, 3.8) is 0 Å². The van der Waals surface area contributed by atoms with Crippen molar-refractivity contribution < 1.29 is 4.74 Å². The topological polar surface area (TPSA) is 90.5 Å². The Morgan fingerprint density at radius 2 is 1.97 bits per heavy atom. The van der Waals surface area contributed by atoms with Gasteiger partial charge in [0.05, 0.1) is 13.2 Å². The normalized spacial score (nSPS) is 15.0. The minimum Gasteiger partial charge on any atom is -0.496 e. The van der Waals surface area contributed by atoms with Gasteiger partial charge in [0, 0.05) is 31.3 Å². The number of aromatic nitrogens is 3. The van der Waals surface area contributed by atoms with Gasteiger partial charge in [0.2, 0.25) is 0 Å². The molecule has 8 nitrogen and oxygen atoms in total. The molecule has 0 amide bonds. The van der Waals surface area contributed by atoms with Gasteiger partial charge in [0.1, 0.15) is 12.1 Å². The first kappa shape index (κ1) is 25.0. The van der Waals surface area contributed by atoms with E-state index in [1.54, 1.807) is 14.2 Å². The van der Waals surface area contributed by atoms with Gasteiger partial charge in [-0.25, -0.2) is 4.98 Å². The molecule has 2 aromatic carbocycles. The lowest BCUT2D eigenvalue weighted by molar-refractivity contribution is 0.239. The Kier molecular flexibility index (Phi) is 9.49. The van der Waals surface area contributed by atoms with E-state index in [0.717, 1.165) is 48.3 Å². The van der Waals surface area contributed by atoms with Gasteiger partial charge < -0.3 is 15.4 Å². The summed E-state index contributed by atoms with van der Waals surface area (Å²) >= 11 is 0. The standard InChI is InChI=1S/C24H31N7O.HI/c1-25-24(26-15-18-8-7-9-19(14-18)23-28-17-29-30-23)27-16-21(31-12-5-6-13-31)20-10-3-4-11-22(20)32-2;/h3-4,7-11,14,17,21H,5-6,12-13,15-16H2,1-2H3,(H2,25,26,27)(H,28,29,30);1H. The summed E-state index contributed by atoms with van der Waals surface area (Å²) in [7, 11) is 3.54. The fourth-order valence-electron chi connectivity index (χ4n) is 4.20. The zero-order valence-corrected chi connectivity index (χ0v) is 21.5.